The molecule has 0 bridgehead atoms. The molecule has 1 aromatic heterocycles. The number of benzene rings is 1. The van der Waals surface area contributed by atoms with Gasteiger partial charge in [-0.25, -0.2) is 4.98 Å². The number of aliphatic hydroxyl groups excluding tert-OH is 1. The maximum absolute atomic E-state index is 13.7. The molecule has 3 amide bonds. The van der Waals surface area contributed by atoms with E-state index in [-0.39, 0.29) is 64.7 Å². The van der Waals surface area contributed by atoms with Gasteiger partial charge in [-0.1, -0.05) is 45.0 Å². The summed E-state index contributed by atoms with van der Waals surface area (Å²) in [6, 6.07) is 6.03. The van der Waals surface area contributed by atoms with Gasteiger partial charge in [-0.2, -0.15) is 0 Å². The first-order chi connectivity index (χ1) is 20.4. The molecular weight excluding hydrogens is 576 g/mol. The maximum Gasteiger partial charge on any atom is 0.305 e. The van der Waals surface area contributed by atoms with E-state index in [4.69, 9.17) is 14.6 Å². The average Bonchev–Trinajstić information content (AvgIpc) is 3.56. The average molecular weight is 619 g/mol. The number of β-amino-alcohol motifs (C(OH)–C–C–N with tert-alkyl or cyclic N) is 1. The monoisotopic (exact) mass is 618 g/mol. The highest BCUT2D eigenvalue weighted by atomic mass is 32.1. The predicted octanol–water partition coefficient (Wildman–Crippen LogP) is 2.13. The van der Waals surface area contributed by atoms with Crippen LogP contribution in [0, 0.1) is 12.3 Å². The lowest BCUT2D eigenvalue weighted by atomic mass is 9.85. The van der Waals surface area contributed by atoms with Crippen molar-refractivity contribution in [2.24, 2.45) is 5.41 Å². The third kappa shape index (κ3) is 10.4. The lowest BCUT2D eigenvalue weighted by molar-refractivity contribution is -0.144. The Hall–Kier alpha value is -3.39. The molecule has 1 saturated heterocycles. The van der Waals surface area contributed by atoms with Crippen LogP contribution in [0.3, 0.4) is 0 Å². The second-order valence-electron chi connectivity index (χ2n) is 11.6. The maximum atomic E-state index is 13.7. The Balaban J connectivity index is 1.53. The number of carbonyl (C=O) groups excluding carboxylic acids is 3. The van der Waals surface area contributed by atoms with Gasteiger partial charge in [0.15, 0.2) is 0 Å². The molecule has 2 heterocycles. The van der Waals surface area contributed by atoms with E-state index in [1.165, 1.54) is 4.90 Å². The van der Waals surface area contributed by atoms with Gasteiger partial charge in [-0.3, -0.25) is 19.2 Å². The molecule has 0 aliphatic carbocycles. The van der Waals surface area contributed by atoms with E-state index < -0.39 is 41.4 Å². The van der Waals surface area contributed by atoms with Gasteiger partial charge in [-0.15, -0.1) is 11.3 Å². The van der Waals surface area contributed by atoms with Crippen LogP contribution in [0.5, 0.6) is 0 Å². The number of nitrogens with one attached hydrogen (secondary N) is 2. The molecule has 1 fully saturated rings. The van der Waals surface area contributed by atoms with Gasteiger partial charge < -0.3 is 35.2 Å². The van der Waals surface area contributed by atoms with Gasteiger partial charge in [0.2, 0.25) is 17.7 Å². The summed E-state index contributed by atoms with van der Waals surface area (Å²) in [5.41, 5.74) is 4.04. The van der Waals surface area contributed by atoms with Crippen LogP contribution in [0.1, 0.15) is 51.3 Å². The van der Waals surface area contributed by atoms with Gasteiger partial charge in [-0.05, 0) is 23.5 Å². The van der Waals surface area contributed by atoms with E-state index in [9.17, 15) is 24.3 Å². The van der Waals surface area contributed by atoms with Crippen LogP contribution in [0.15, 0.2) is 29.8 Å². The number of aliphatic carboxylic acids is 1. The van der Waals surface area contributed by atoms with Crippen LogP contribution >= 0.6 is 11.3 Å². The van der Waals surface area contributed by atoms with E-state index in [1.807, 2.05) is 52.0 Å². The minimum absolute atomic E-state index is 0.00286. The second kappa shape index (κ2) is 15.9. The molecule has 236 valence electrons. The summed E-state index contributed by atoms with van der Waals surface area (Å²) in [6.45, 7) is 8.26. The largest absolute Gasteiger partial charge is 0.481 e. The first kappa shape index (κ1) is 34.1. The number of aryl methyl sites for hydroxylation is 1. The normalized spacial score (nSPS) is 17.5. The smallest absolute Gasteiger partial charge is 0.305 e. The zero-order chi connectivity index (χ0) is 31.6. The fourth-order valence-corrected chi connectivity index (χ4v) is 5.47. The minimum Gasteiger partial charge on any atom is -0.481 e. The quantitative estimate of drug-likeness (QED) is 0.219. The fourth-order valence-electron chi connectivity index (χ4n) is 4.66. The molecule has 3 atom stereocenters. The third-order valence-corrected chi connectivity index (χ3v) is 7.99. The number of carboxylic acid groups (broad SMARTS) is 1. The summed E-state index contributed by atoms with van der Waals surface area (Å²) in [5.74, 6) is -2.14. The highest BCUT2D eigenvalue weighted by Crippen LogP contribution is 2.28. The van der Waals surface area contributed by atoms with Gasteiger partial charge in [0.05, 0.1) is 55.0 Å². The van der Waals surface area contributed by atoms with Crippen molar-refractivity contribution < 1.29 is 38.9 Å². The molecule has 1 unspecified atom stereocenters. The number of likely N-dealkylation sites (tertiary alicyclic amines) is 1. The Labute approximate surface area is 255 Å². The Bertz CT molecular complexity index is 1240. The molecule has 1 aliphatic rings. The zero-order valence-electron chi connectivity index (χ0n) is 25.1. The highest BCUT2D eigenvalue weighted by Gasteiger charge is 2.44. The van der Waals surface area contributed by atoms with Crippen molar-refractivity contribution in [3.63, 3.8) is 0 Å². The van der Waals surface area contributed by atoms with E-state index in [0.29, 0.717) is 0 Å². The molecule has 43 heavy (non-hydrogen) atoms. The number of rotatable bonds is 15. The van der Waals surface area contributed by atoms with Crippen molar-refractivity contribution in [1.29, 1.82) is 0 Å². The number of carbonyl (C=O) groups is 4. The molecule has 0 radical (unpaired) electrons. The van der Waals surface area contributed by atoms with Crippen molar-refractivity contribution in [1.82, 2.24) is 20.5 Å². The SMILES string of the molecule is Cc1ncsc1-c1ccc(CNC(=O)[C@@H]2CC(O)CN2C(=O)[C@@H](NC(=O)CCOCCOCCC(=O)O)C(C)(C)C)cc1. The Morgan fingerprint density at radius 3 is 2.30 bits per heavy atom. The molecule has 3 rings (SSSR count). The molecular formula is C30H42N4O8S. The van der Waals surface area contributed by atoms with Gasteiger partial charge >= 0.3 is 5.97 Å². The van der Waals surface area contributed by atoms with Crippen LogP contribution in [0.25, 0.3) is 10.4 Å². The van der Waals surface area contributed by atoms with Crippen molar-refractivity contribution in [2.75, 3.05) is 33.0 Å². The van der Waals surface area contributed by atoms with Crippen LogP contribution in [-0.2, 0) is 35.2 Å². The number of carboxylic acids is 1. The molecule has 4 N–H and O–H groups in total. The number of thiazole rings is 1. The van der Waals surface area contributed by atoms with E-state index in [0.717, 1.165) is 21.7 Å². The number of hydrogen-bond donors (Lipinski definition) is 4. The van der Waals surface area contributed by atoms with Crippen LogP contribution in [0.4, 0.5) is 0 Å². The number of aromatic nitrogens is 1. The lowest BCUT2D eigenvalue weighted by Gasteiger charge is -2.35. The fraction of sp³-hybridized carbons (Fsp3) is 0.567. The summed E-state index contributed by atoms with van der Waals surface area (Å²) in [5, 5.41) is 24.7. The minimum atomic E-state index is -0.944. The lowest BCUT2D eigenvalue weighted by Crippen LogP contribution is -2.57. The number of aliphatic hydroxyl groups is 1. The van der Waals surface area contributed by atoms with Gasteiger partial charge in [0.1, 0.15) is 12.1 Å². The molecule has 0 spiro atoms. The van der Waals surface area contributed by atoms with Gasteiger partial charge in [0, 0.05) is 25.9 Å². The molecule has 1 aliphatic heterocycles. The molecule has 0 saturated carbocycles. The number of ether oxygens (including phenoxy) is 2. The highest BCUT2D eigenvalue weighted by molar-refractivity contribution is 7.13. The van der Waals surface area contributed by atoms with E-state index >= 15 is 0 Å². The standard InChI is InChI=1S/C30H42N4O8S/c1-19-26(43-18-32-19)21-7-5-20(6-8-21)16-31-28(39)23-15-22(35)17-34(23)29(40)27(30(2,3)4)33-24(36)9-11-41-13-14-42-12-10-25(37)38/h5-8,18,22-23,27,35H,9-17H2,1-4H3,(H,31,39)(H,33,36)(H,37,38)/t22?,23-,27+/m0/s1. The third-order valence-electron chi connectivity index (χ3n) is 7.02. The van der Waals surface area contributed by atoms with Gasteiger partial charge in [0.25, 0.3) is 0 Å². The number of hydrogen-bond acceptors (Lipinski definition) is 9. The first-order valence-corrected chi connectivity index (χ1v) is 15.2. The molecule has 1 aromatic carbocycles. The van der Waals surface area contributed by atoms with Crippen molar-refractivity contribution >= 4 is 35.0 Å². The van der Waals surface area contributed by atoms with Crippen molar-refractivity contribution in [3.05, 3.63) is 41.0 Å². The van der Waals surface area contributed by atoms with Crippen molar-refractivity contribution in [3.8, 4) is 10.4 Å². The summed E-state index contributed by atoms with van der Waals surface area (Å²) < 4.78 is 10.5. The topological polar surface area (TPSA) is 167 Å². The summed E-state index contributed by atoms with van der Waals surface area (Å²) >= 11 is 1.57. The Morgan fingerprint density at radius 2 is 1.72 bits per heavy atom. The number of amides is 3. The summed E-state index contributed by atoms with van der Waals surface area (Å²) in [4.78, 5) is 56.8. The van der Waals surface area contributed by atoms with Crippen LogP contribution in [0.2, 0.25) is 0 Å². The molecule has 2 aromatic rings. The summed E-state index contributed by atoms with van der Waals surface area (Å²) in [7, 11) is 0. The van der Waals surface area contributed by atoms with Crippen LogP contribution < -0.4 is 10.6 Å². The van der Waals surface area contributed by atoms with E-state index in [1.54, 1.807) is 16.8 Å². The summed E-state index contributed by atoms with van der Waals surface area (Å²) in [6.07, 6.45) is -0.843. The van der Waals surface area contributed by atoms with Crippen LogP contribution in [-0.4, -0.2) is 94.9 Å². The zero-order valence-corrected chi connectivity index (χ0v) is 25.9. The predicted molar refractivity (Wildman–Crippen MR) is 160 cm³/mol. The Morgan fingerprint density at radius 1 is 1.07 bits per heavy atom. The second-order valence-corrected chi connectivity index (χ2v) is 12.4. The molecule has 12 nitrogen and oxygen atoms in total. The Kier molecular flexibility index (Phi) is 12.6. The molecule has 13 heteroatoms. The number of nitrogens with zero attached hydrogens (tertiary/aromatic N) is 2. The van der Waals surface area contributed by atoms with E-state index in [2.05, 4.69) is 15.6 Å². The van der Waals surface area contributed by atoms with Crippen molar-refractivity contribution in [2.45, 2.75) is 71.7 Å². The first-order valence-electron chi connectivity index (χ1n) is 14.3.